The van der Waals surface area contributed by atoms with Gasteiger partial charge in [0.15, 0.2) is 0 Å². The minimum absolute atomic E-state index is 0.0591. The predicted octanol–water partition coefficient (Wildman–Crippen LogP) is 3.40. The summed E-state index contributed by atoms with van der Waals surface area (Å²) in [7, 11) is 2.27. The number of piperazine rings is 1. The molecule has 3 heteroatoms. The average molecular weight is 316 g/mol. The Labute approximate surface area is 141 Å². The van der Waals surface area contributed by atoms with Crippen LogP contribution in [0.5, 0.6) is 0 Å². The molecule has 1 heterocycles. The standard InChI is InChI=1S/C20H32N2O/c1-15(2)18-6-4-5-7-19(18)20-14-22(13-12-21(20)3)16-8-10-17(23)11-9-16/h4-7,15-17,20,23H,8-14H2,1-3H3. The summed E-state index contributed by atoms with van der Waals surface area (Å²) in [6, 6.07) is 10.1. The molecule has 2 aliphatic rings. The Kier molecular flexibility index (Phi) is 5.40. The van der Waals surface area contributed by atoms with Crippen molar-refractivity contribution in [3.8, 4) is 0 Å². The first-order valence-electron chi connectivity index (χ1n) is 9.27. The van der Waals surface area contributed by atoms with E-state index in [-0.39, 0.29) is 6.10 Å². The van der Waals surface area contributed by atoms with Crippen molar-refractivity contribution in [3.05, 3.63) is 35.4 Å². The first-order chi connectivity index (χ1) is 11.1. The second kappa shape index (κ2) is 7.33. The number of nitrogens with zero attached hydrogens (tertiary/aromatic N) is 2. The molecule has 1 saturated carbocycles. The van der Waals surface area contributed by atoms with E-state index in [9.17, 15) is 5.11 Å². The van der Waals surface area contributed by atoms with Crippen LogP contribution >= 0.6 is 0 Å². The SMILES string of the molecule is CC(C)c1ccccc1C1CN(C2CCC(O)CC2)CCN1C. The number of hydrogen-bond acceptors (Lipinski definition) is 3. The van der Waals surface area contributed by atoms with Crippen LogP contribution in [0.25, 0.3) is 0 Å². The van der Waals surface area contributed by atoms with Crippen LogP contribution in [0.4, 0.5) is 0 Å². The molecule has 128 valence electrons. The Hall–Kier alpha value is -0.900. The van der Waals surface area contributed by atoms with Crippen molar-refractivity contribution in [2.75, 3.05) is 26.7 Å². The highest BCUT2D eigenvalue weighted by Gasteiger charge is 2.32. The van der Waals surface area contributed by atoms with Gasteiger partial charge in [-0.25, -0.2) is 0 Å². The molecule has 0 amide bonds. The average Bonchev–Trinajstić information content (AvgIpc) is 2.56. The predicted molar refractivity (Wildman–Crippen MR) is 95.7 cm³/mol. The van der Waals surface area contributed by atoms with Gasteiger partial charge in [-0.05, 0) is 49.8 Å². The molecule has 1 N–H and O–H groups in total. The van der Waals surface area contributed by atoms with Crippen LogP contribution in [0.1, 0.15) is 62.6 Å². The normalized spacial score (nSPS) is 30.7. The van der Waals surface area contributed by atoms with Crippen molar-refractivity contribution < 1.29 is 5.11 Å². The van der Waals surface area contributed by atoms with Gasteiger partial charge in [0.1, 0.15) is 0 Å². The number of aliphatic hydroxyl groups is 1. The van der Waals surface area contributed by atoms with Crippen LogP contribution in [0, 0.1) is 0 Å². The maximum absolute atomic E-state index is 9.77. The van der Waals surface area contributed by atoms with E-state index < -0.39 is 0 Å². The van der Waals surface area contributed by atoms with Crippen molar-refractivity contribution in [2.24, 2.45) is 0 Å². The van der Waals surface area contributed by atoms with Crippen LogP contribution in [-0.2, 0) is 0 Å². The van der Waals surface area contributed by atoms with Crippen LogP contribution < -0.4 is 0 Å². The Morgan fingerprint density at radius 3 is 2.43 bits per heavy atom. The summed E-state index contributed by atoms with van der Waals surface area (Å²) < 4.78 is 0. The molecule has 1 aromatic carbocycles. The lowest BCUT2D eigenvalue weighted by molar-refractivity contribution is 0.0259. The zero-order chi connectivity index (χ0) is 16.4. The van der Waals surface area contributed by atoms with Gasteiger partial charge in [-0.15, -0.1) is 0 Å². The molecule has 1 aliphatic heterocycles. The van der Waals surface area contributed by atoms with Crippen molar-refractivity contribution in [1.29, 1.82) is 0 Å². The quantitative estimate of drug-likeness (QED) is 0.926. The molecular weight excluding hydrogens is 284 g/mol. The Morgan fingerprint density at radius 2 is 1.74 bits per heavy atom. The summed E-state index contributed by atoms with van der Waals surface area (Å²) in [5.74, 6) is 0.569. The van der Waals surface area contributed by atoms with E-state index in [4.69, 9.17) is 0 Å². The summed E-state index contributed by atoms with van der Waals surface area (Å²) in [5, 5.41) is 9.77. The van der Waals surface area contributed by atoms with E-state index in [0.29, 0.717) is 18.0 Å². The van der Waals surface area contributed by atoms with Gasteiger partial charge in [-0.2, -0.15) is 0 Å². The third kappa shape index (κ3) is 3.78. The van der Waals surface area contributed by atoms with Gasteiger partial charge in [0, 0.05) is 31.7 Å². The Balaban J connectivity index is 1.76. The van der Waals surface area contributed by atoms with E-state index in [0.717, 1.165) is 45.3 Å². The van der Waals surface area contributed by atoms with Gasteiger partial charge >= 0.3 is 0 Å². The van der Waals surface area contributed by atoms with Crippen LogP contribution in [0.15, 0.2) is 24.3 Å². The molecule has 3 rings (SSSR count). The second-order valence-corrected chi connectivity index (χ2v) is 7.74. The molecule has 0 spiro atoms. The van der Waals surface area contributed by atoms with Crippen LogP contribution in [-0.4, -0.2) is 53.7 Å². The van der Waals surface area contributed by atoms with Gasteiger partial charge in [0.05, 0.1) is 6.10 Å². The zero-order valence-electron chi connectivity index (χ0n) is 14.9. The lowest BCUT2D eigenvalue weighted by atomic mass is 9.88. The summed E-state index contributed by atoms with van der Waals surface area (Å²) in [6.07, 6.45) is 4.21. The van der Waals surface area contributed by atoms with E-state index in [1.165, 1.54) is 11.1 Å². The largest absolute Gasteiger partial charge is 0.393 e. The van der Waals surface area contributed by atoms with E-state index in [2.05, 4.69) is 55.0 Å². The zero-order valence-corrected chi connectivity index (χ0v) is 14.9. The van der Waals surface area contributed by atoms with Crippen LogP contribution in [0.2, 0.25) is 0 Å². The minimum atomic E-state index is -0.0591. The molecule has 0 aromatic heterocycles. The number of likely N-dealkylation sites (N-methyl/N-ethyl adjacent to an activating group) is 1. The molecule has 23 heavy (non-hydrogen) atoms. The molecule has 3 nitrogen and oxygen atoms in total. The third-order valence-electron chi connectivity index (χ3n) is 5.84. The molecule has 1 atom stereocenters. The lowest BCUT2D eigenvalue weighted by Crippen LogP contribution is -2.51. The minimum Gasteiger partial charge on any atom is -0.393 e. The molecule has 1 aromatic rings. The number of hydrogen-bond donors (Lipinski definition) is 1. The number of aliphatic hydroxyl groups excluding tert-OH is 1. The van der Waals surface area contributed by atoms with Gasteiger partial charge < -0.3 is 5.11 Å². The summed E-state index contributed by atoms with van der Waals surface area (Å²) in [5.41, 5.74) is 3.00. The highest BCUT2D eigenvalue weighted by Crippen LogP contribution is 2.33. The molecule has 1 aliphatic carbocycles. The Bertz CT molecular complexity index is 508. The highest BCUT2D eigenvalue weighted by atomic mass is 16.3. The topological polar surface area (TPSA) is 26.7 Å². The maximum atomic E-state index is 9.77. The molecule has 1 saturated heterocycles. The van der Waals surface area contributed by atoms with Gasteiger partial charge in [-0.1, -0.05) is 38.1 Å². The lowest BCUT2D eigenvalue weighted by Gasteiger charge is -2.45. The molecule has 1 unspecified atom stereocenters. The fraction of sp³-hybridized carbons (Fsp3) is 0.700. The summed E-state index contributed by atoms with van der Waals surface area (Å²) in [6.45, 7) is 8.01. The fourth-order valence-corrected chi connectivity index (χ4v) is 4.33. The number of rotatable bonds is 3. The maximum Gasteiger partial charge on any atom is 0.0541 e. The van der Waals surface area contributed by atoms with Crippen molar-refractivity contribution in [3.63, 3.8) is 0 Å². The van der Waals surface area contributed by atoms with E-state index in [1.807, 2.05) is 0 Å². The third-order valence-corrected chi connectivity index (χ3v) is 5.84. The molecule has 0 radical (unpaired) electrons. The highest BCUT2D eigenvalue weighted by molar-refractivity contribution is 5.33. The van der Waals surface area contributed by atoms with Crippen molar-refractivity contribution in [2.45, 2.75) is 63.6 Å². The summed E-state index contributed by atoms with van der Waals surface area (Å²) in [4.78, 5) is 5.21. The van der Waals surface area contributed by atoms with E-state index >= 15 is 0 Å². The van der Waals surface area contributed by atoms with Gasteiger partial charge in [0.25, 0.3) is 0 Å². The van der Waals surface area contributed by atoms with Gasteiger partial charge in [0.2, 0.25) is 0 Å². The van der Waals surface area contributed by atoms with Gasteiger partial charge in [-0.3, -0.25) is 9.80 Å². The smallest absolute Gasteiger partial charge is 0.0541 e. The summed E-state index contributed by atoms with van der Waals surface area (Å²) >= 11 is 0. The van der Waals surface area contributed by atoms with Crippen molar-refractivity contribution >= 4 is 0 Å². The molecular formula is C20H32N2O. The molecule has 0 bridgehead atoms. The fourth-order valence-electron chi connectivity index (χ4n) is 4.33. The monoisotopic (exact) mass is 316 g/mol. The van der Waals surface area contributed by atoms with Crippen molar-refractivity contribution in [1.82, 2.24) is 9.80 Å². The second-order valence-electron chi connectivity index (χ2n) is 7.74. The van der Waals surface area contributed by atoms with Crippen LogP contribution in [0.3, 0.4) is 0 Å². The Morgan fingerprint density at radius 1 is 1.04 bits per heavy atom. The number of benzene rings is 1. The van der Waals surface area contributed by atoms with E-state index in [1.54, 1.807) is 0 Å². The first kappa shape index (κ1) is 16.9. The molecule has 2 fully saturated rings. The first-order valence-corrected chi connectivity index (χ1v) is 9.27.